The van der Waals surface area contributed by atoms with Crippen molar-refractivity contribution in [1.82, 2.24) is 0 Å². The zero-order valence-electron chi connectivity index (χ0n) is 10.0. The summed E-state index contributed by atoms with van der Waals surface area (Å²) in [5.74, 6) is -3.51. The Kier molecular flexibility index (Phi) is 4.50. The number of hydrogen-bond donors (Lipinski definition) is 1. The van der Waals surface area contributed by atoms with Crippen LogP contribution in [0.25, 0.3) is 0 Å². The Morgan fingerprint density at radius 2 is 1.47 bits per heavy atom. The molecule has 2 N–H and O–H groups in total. The van der Waals surface area contributed by atoms with Gasteiger partial charge in [-0.1, -0.05) is 24.3 Å². The second kappa shape index (κ2) is 5.40. The Hall–Kier alpha value is -1.24. The lowest BCUT2D eigenvalue weighted by molar-refractivity contribution is -0.289. The number of nitrogens with two attached hydrogens (primary N) is 1. The summed E-state index contributed by atoms with van der Waals surface area (Å²) in [4.78, 5) is 0. The van der Waals surface area contributed by atoms with Crippen LogP contribution in [0.3, 0.4) is 0 Å². The number of benzene rings is 1. The van der Waals surface area contributed by atoms with E-state index in [1.54, 1.807) is 25.1 Å². The third-order valence-electron chi connectivity index (χ3n) is 2.85. The molecule has 1 nitrogen and oxygen atoms in total. The summed E-state index contributed by atoms with van der Waals surface area (Å²) in [6.45, 7) is 1.61. The minimum absolute atomic E-state index is 0.383. The molecule has 108 valence electrons. The Bertz CT molecular complexity index is 409. The first-order chi connectivity index (χ1) is 8.53. The van der Waals surface area contributed by atoms with E-state index in [1.165, 1.54) is 6.07 Å². The highest BCUT2D eigenvalue weighted by Gasteiger charge is 2.59. The summed E-state index contributed by atoms with van der Waals surface area (Å²) in [6.07, 6.45) is -11.3. The fourth-order valence-electron chi connectivity index (χ4n) is 1.88. The third-order valence-corrected chi connectivity index (χ3v) is 2.85. The highest BCUT2D eigenvalue weighted by Crippen LogP contribution is 2.41. The maximum absolute atomic E-state index is 12.5. The molecule has 0 aliphatic carbocycles. The van der Waals surface area contributed by atoms with E-state index in [9.17, 15) is 26.3 Å². The normalized spacial score (nSPS) is 14.8. The van der Waals surface area contributed by atoms with Crippen molar-refractivity contribution >= 4 is 0 Å². The summed E-state index contributed by atoms with van der Waals surface area (Å²) in [6, 6.07) is 4.22. The molecule has 1 aromatic rings. The molecular weight excluding hydrogens is 272 g/mol. The van der Waals surface area contributed by atoms with Gasteiger partial charge in [-0.25, -0.2) is 0 Å². The molecule has 0 aliphatic rings. The van der Waals surface area contributed by atoms with Gasteiger partial charge in [0.25, 0.3) is 0 Å². The predicted molar refractivity (Wildman–Crippen MR) is 58.5 cm³/mol. The monoisotopic (exact) mass is 285 g/mol. The molecule has 0 radical (unpaired) electrons. The molecule has 19 heavy (non-hydrogen) atoms. The lowest BCUT2D eigenvalue weighted by atomic mass is 9.91. The first-order valence-electron chi connectivity index (χ1n) is 5.47. The summed E-state index contributed by atoms with van der Waals surface area (Å²) in [5, 5.41) is 0. The summed E-state index contributed by atoms with van der Waals surface area (Å²) in [5.41, 5.74) is 6.15. The molecule has 0 amide bonds. The van der Waals surface area contributed by atoms with E-state index in [-0.39, 0.29) is 0 Å². The van der Waals surface area contributed by atoms with Crippen molar-refractivity contribution in [2.75, 3.05) is 0 Å². The van der Waals surface area contributed by atoms with E-state index in [4.69, 9.17) is 5.73 Å². The fourth-order valence-corrected chi connectivity index (χ4v) is 1.88. The van der Waals surface area contributed by atoms with Crippen molar-refractivity contribution in [3.8, 4) is 0 Å². The Morgan fingerprint density at radius 1 is 1.00 bits per heavy atom. The van der Waals surface area contributed by atoms with Crippen LogP contribution in [-0.4, -0.2) is 18.4 Å². The van der Waals surface area contributed by atoms with Crippen LogP contribution in [0.2, 0.25) is 0 Å². The van der Waals surface area contributed by atoms with Crippen molar-refractivity contribution < 1.29 is 26.3 Å². The Morgan fingerprint density at radius 3 is 1.89 bits per heavy atom. The van der Waals surface area contributed by atoms with Gasteiger partial charge in [0.2, 0.25) is 0 Å². The molecule has 1 rings (SSSR count). The number of rotatable bonds is 3. The van der Waals surface area contributed by atoms with Crippen LogP contribution in [0.15, 0.2) is 24.3 Å². The fraction of sp³-hybridized carbons (Fsp3) is 0.500. The van der Waals surface area contributed by atoms with E-state index in [2.05, 4.69) is 0 Å². The highest BCUT2D eigenvalue weighted by molar-refractivity contribution is 5.26. The average Bonchev–Trinajstić information content (AvgIpc) is 2.16. The molecule has 0 heterocycles. The van der Waals surface area contributed by atoms with Crippen LogP contribution >= 0.6 is 0 Å². The van der Waals surface area contributed by atoms with Gasteiger partial charge < -0.3 is 5.73 Å². The second-order valence-corrected chi connectivity index (χ2v) is 4.36. The number of aryl methyl sites for hydroxylation is 1. The Balaban J connectivity index is 2.97. The lowest BCUT2D eigenvalue weighted by Gasteiger charge is -2.28. The highest BCUT2D eigenvalue weighted by atomic mass is 19.4. The molecule has 0 aromatic heterocycles. The molecule has 0 saturated carbocycles. The zero-order valence-corrected chi connectivity index (χ0v) is 10.0. The van der Waals surface area contributed by atoms with Gasteiger partial charge in [0.15, 0.2) is 5.92 Å². The molecule has 1 aromatic carbocycles. The molecule has 0 bridgehead atoms. The average molecular weight is 285 g/mol. The molecule has 1 atom stereocenters. The van der Waals surface area contributed by atoms with Crippen molar-refractivity contribution in [3.05, 3.63) is 35.4 Å². The lowest BCUT2D eigenvalue weighted by Crippen LogP contribution is -2.49. The SMILES string of the molecule is Cc1ccccc1CC(N)C(C(F)(F)F)C(F)(F)F. The number of halogens is 6. The van der Waals surface area contributed by atoms with Gasteiger partial charge in [0, 0.05) is 6.04 Å². The molecular formula is C12H13F6N. The van der Waals surface area contributed by atoms with Crippen LogP contribution in [0, 0.1) is 12.8 Å². The van der Waals surface area contributed by atoms with E-state index in [0.29, 0.717) is 11.1 Å². The molecule has 1 unspecified atom stereocenters. The van der Waals surface area contributed by atoms with Gasteiger partial charge in [0.05, 0.1) is 0 Å². The first kappa shape index (κ1) is 15.8. The first-order valence-corrected chi connectivity index (χ1v) is 5.47. The van der Waals surface area contributed by atoms with Crippen molar-refractivity contribution in [2.45, 2.75) is 31.7 Å². The minimum Gasteiger partial charge on any atom is -0.327 e. The maximum Gasteiger partial charge on any atom is 0.402 e. The zero-order chi connectivity index (χ0) is 14.8. The topological polar surface area (TPSA) is 26.0 Å². The number of alkyl halides is 6. The summed E-state index contributed by atoms with van der Waals surface area (Å²) >= 11 is 0. The van der Waals surface area contributed by atoms with Crippen LogP contribution in [0.1, 0.15) is 11.1 Å². The van der Waals surface area contributed by atoms with Gasteiger partial charge in [0.1, 0.15) is 0 Å². The van der Waals surface area contributed by atoms with Gasteiger partial charge >= 0.3 is 12.4 Å². The van der Waals surface area contributed by atoms with E-state index in [1.807, 2.05) is 0 Å². The van der Waals surface area contributed by atoms with E-state index >= 15 is 0 Å². The number of hydrogen-bond acceptors (Lipinski definition) is 1. The molecule has 7 heteroatoms. The van der Waals surface area contributed by atoms with Gasteiger partial charge in [-0.2, -0.15) is 26.3 Å². The maximum atomic E-state index is 12.5. The van der Waals surface area contributed by atoms with Crippen molar-refractivity contribution in [3.63, 3.8) is 0 Å². The van der Waals surface area contributed by atoms with Crippen LogP contribution in [0.4, 0.5) is 26.3 Å². The summed E-state index contributed by atoms with van der Waals surface area (Å²) < 4.78 is 74.8. The van der Waals surface area contributed by atoms with E-state index < -0.39 is 30.7 Å². The van der Waals surface area contributed by atoms with Crippen molar-refractivity contribution in [2.24, 2.45) is 11.7 Å². The van der Waals surface area contributed by atoms with Crippen molar-refractivity contribution in [1.29, 1.82) is 0 Å². The third kappa shape index (κ3) is 4.12. The van der Waals surface area contributed by atoms with Crippen LogP contribution in [0.5, 0.6) is 0 Å². The van der Waals surface area contributed by atoms with Gasteiger partial charge in [-0.3, -0.25) is 0 Å². The standard InChI is InChI=1S/C12H13F6N/c1-7-4-2-3-5-8(7)6-9(19)10(11(13,14)15)12(16,17)18/h2-5,9-10H,6,19H2,1H3. The smallest absolute Gasteiger partial charge is 0.327 e. The predicted octanol–water partition coefficient (Wildman–Crippen LogP) is 3.61. The molecule has 0 saturated heterocycles. The minimum atomic E-state index is -5.40. The van der Waals surface area contributed by atoms with Gasteiger partial charge in [-0.15, -0.1) is 0 Å². The van der Waals surface area contributed by atoms with E-state index in [0.717, 1.165) is 0 Å². The summed E-state index contributed by atoms with van der Waals surface area (Å²) in [7, 11) is 0. The van der Waals surface area contributed by atoms with Crippen LogP contribution in [-0.2, 0) is 6.42 Å². The quantitative estimate of drug-likeness (QED) is 0.844. The van der Waals surface area contributed by atoms with Crippen LogP contribution < -0.4 is 5.73 Å². The molecule has 0 aliphatic heterocycles. The largest absolute Gasteiger partial charge is 0.402 e. The molecule has 0 fully saturated rings. The molecule has 0 spiro atoms. The Labute approximate surface area is 106 Å². The van der Waals surface area contributed by atoms with Gasteiger partial charge in [-0.05, 0) is 24.5 Å². The second-order valence-electron chi connectivity index (χ2n) is 4.36.